The SMILES string of the molecule is COc1ccccc1-c1ncc(CNC[c-]2[cH-][cH-][cH-][cH-]2)s1.[Fe].c1cc[cH-]c1. The van der Waals surface area contributed by atoms with Crippen molar-refractivity contribution in [1.82, 2.24) is 10.3 Å². The van der Waals surface area contributed by atoms with E-state index in [-0.39, 0.29) is 17.1 Å². The molecule has 0 spiro atoms. The van der Waals surface area contributed by atoms with Crippen LogP contribution in [0, 0.1) is 0 Å². The average Bonchev–Trinajstić information content (AvgIpc) is 3.45. The number of thiazole rings is 1. The van der Waals surface area contributed by atoms with Gasteiger partial charge in [0.2, 0.25) is 0 Å². The third-order valence-corrected chi connectivity index (χ3v) is 4.84. The minimum absolute atomic E-state index is 0. The van der Waals surface area contributed by atoms with Crippen LogP contribution >= 0.6 is 11.3 Å². The number of ether oxygens (including phenoxy) is 1. The van der Waals surface area contributed by atoms with Crippen molar-refractivity contribution in [1.29, 1.82) is 0 Å². The predicted octanol–water partition coefficient (Wildman–Crippen LogP) is 5.23. The quantitative estimate of drug-likeness (QED) is 0.344. The summed E-state index contributed by atoms with van der Waals surface area (Å²) in [6.45, 7) is 1.72. The van der Waals surface area contributed by atoms with Gasteiger partial charge in [0.25, 0.3) is 0 Å². The Bertz CT molecular complexity index is 852. The van der Waals surface area contributed by atoms with Crippen molar-refractivity contribution in [3.05, 3.63) is 95.5 Å². The summed E-state index contributed by atoms with van der Waals surface area (Å²) in [4.78, 5) is 5.73. The van der Waals surface area contributed by atoms with Crippen LogP contribution in [0.15, 0.2) is 85.1 Å². The first-order valence-electron chi connectivity index (χ1n) is 8.53. The van der Waals surface area contributed by atoms with E-state index in [1.165, 1.54) is 10.4 Å². The Morgan fingerprint density at radius 1 is 1.11 bits per heavy atom. The van der Waals surface area contributed by atoms with E-state index in [0.717, 1.165) is 29.4 Å². The van der Waals surface area contributed by atoms with Crippen molar-refractivity contribution >= 4 is 11.3 Å². The molecular formula is C22H22FeN2OS-6. The van der Waals surface area contributed by atoms with Gasteiger partial charge in [-0.3, -0.25) is 0 Å². The van der Waals surface area contributed by atoms with Crippen molar-refractivity contribution in [2.45, 2.75) is 13.1 Å². The molecule has 1 aromatic heterocycles. The fourth-order valence-electron chi connectivity index (χ4n) is 2.52. The van der Waals surface area contributed by atoms with Gasteiger partial charge in [-0.1, -0.05) is 12.1 Å². The minimum atomic E-state index is 0. The molecule has 0 saturated carbocycles. The Hall–Kier alpha value is -2.17. The van der Waals surface area contributed by atoms with Gasteiger partial charge in [0, 0.05) is 34.7 Å². The Balaban J connectivity index is 0.000000379. The molecule has 1 heterocycles. The Labute approximate surface area is 175 Å². The zero-order valence-electron chi connectivity index (χ0n) is 15.1. The van der Waals surface area contributed by atoms with Crippen LogP contribution < -0.4 is 10.1 Å². The van der Waals surface area contributed by atoms with Crippen molar-refractivity contribution in [2.75, 3.05) is 7.11 Å². The average molecular weight is 418 g/mol. The Morgan fingerprint density at radius 3 is 2.52 bits per heavy atom. The van der Waals surface area contributed by atoms with E-state index in [0.29, 0.717) is 0 Å². The normalized spacial score (nSPS) is 9.81. The molecule has 0 atom stereocenters. The van der Waals surface area contributed by atoms with E-state index in [1.807, 2.05) is 60.8 Å². The zero-order valence-corrected chi connectivity index (χ0v) is 17.0. The minimum Gasteiger partial charge on any atom is -0.748 e. The van der Waals surface area contributed by atoms with Crippen LogP contribution in [0.1, 0.15) is 10.4 Å². The predicted molar refractivity (Wildman–Crippen MR) is 109 cm³/mol. The second kappa shape index (κ2) is 11.5. The molecule has 27 heavy (non-hydrogen) atoms. The number of nitrogens with one attached hydrogen (secondary N) is 1. The van der Waals surface area contributed by atoms with E-state index in [4.69, 9.17) is 4.74 Å². The second-order valence-electron chi connectivity index (χ2n) is 5.69. The van der Waals surface area contributed by atoms with E-state index < -0.39 is 0 Å². The Morgan fingerprint density at radius 2 is 1.85 bits per heavy atom. The molecule has 0 radical (unpaired) electrons. The molecule has 0 bridgehead atoms. The number of aromatic nitrogens is 1. The number of hydrogen-bond acceptors (Lipinski definition) is 4. The molecule has 3 aromatic carbocycles. The molecule has 4 rings (SSSR count). The van der Waals surface area contributed by atoms with E-state index in [2.05, 4.69) is 34.6 Å². The largest absolute Gasteiger partial charge is 0.748 e. The van der Waals surface area contributed by atoms with Gasteiger partial charge < -0.3 is 39.9 Å². The van der Waals surface area contributed by atoms with Gasteiger partial charge in [0.15, 0.2) is 0 Å². The van der Waals surface area contributed by atoms with Crippen molar-refractivity contribution in [2.24, 2.45) is 0 Å². The third kappa shape index (κ3) is 6.49. The van der Waals surface area contributed by atoms with Crippen LogP contribution in [0.2, 0.25) is 0 Å². The Kier molecular flexibility index (Phi) is 9.02. The van der Waals surface area contributed by atoms with Crippen LogP contribution in [-0.2, 0) is 30.2 Å². The van der Waals surface area contributed by atoms with Crippen molar-refractivity contribution < 1.29 is 21.8 Å². The number of rotatable bonds is 6. The van der Waals surface area contributed by atoms with Crippen LogP contribution in [0.25, 0.3) is 10.6 Å². The van der Waals surface area contributed by atoms with Gasteiger partial charge in [-0.2, -0.15) is 24.7 Å². The maximum atomic E-state index is 5.39. The molecule has 3 nitrogen and oxygen atoms in total. The number of methoxy groups -OCH3 is 1. The number of para-hydroxylation sites is 1. The van der Waals surface area contributed by atoms with Gasteiger partial charge >= 0.3 is 0 Å². The summed E-state index contributed by atoms with van der Waals surface area (Å²) >= 11 is 1.70. The fraction of sp³-hybridized carbons (Fsp3) is 0.136. The van der Waals surface area contributed by atoms with Gasteiger partial charge in [0.05, 0.1) is 12.7 Å². The first kappa shape index (κ1) is 21.1. The number of benzene rings is 1. The number of hydrogen-bond donors (Lipinski definition) is 1. The molecule has 0 aliphatic rings. The zero-order chi connectivity index (χ0) is 18.0. The van der Waals surface area contributed by atoms with Gasteiger partial charge in [0.1, 0.15) is 10.8 Å². The summed E-state index contributed by atoms with van der Waals surface area (Å²) in [5.74, 6) is 0.864. The van der Waals surface area contributed by atoms with Crippen LogP contribution in [0.5, 0.6) is 5.75 Å². The fourth-order valence-corrected chi connectivity index (χ4v) is 3.43. The molecule has 0 saturated heterocycles. The van der Waals surface area contributed by atoms with Gasteiger partial charge in [-0.25, -0.2) is 17.1 Å². The van der Waals surface area contributed by atoms with Crippen molar-refractivity contribution in [3.8, 4) is 16.3 Å². The van der Waals surface area contributed by atoms with E-state index >= 15 is 0 Å². The molecule has 5 heteroatoms. The molecule has 0 aliphatic heterocycles. The standard InChI is InChI=1S/C17H17N2OS.C5H5.Fe/c1-20-16-9-5-4-8-15(16)17-19-12-14(21-17)11-18-10-13-6-2-3-7-13;1-2-4-5-3-1;/h2-9,12,18H,10-11H2,1H3;1-5H;/q-5;-1;. The van der Waals surface area contributed by atoms with Gasteiger partial charge in [-0.05, 0) is 12.1 Å². The molecule has 0 fully saturated rings. The molecule has 1 N–H and O–H groups in total. The maximum absolute atomic E-state index is 5.39. The summed E-state index contributed by atoms with van der Waals surface area (Å²) in [5, 5.41) is 4.43. The van der Waals surface area contributed by atoms with Crippen LogP contribution in [0.4, 0.5) is 0 Å². The third-order valence-electron chi connectivity index (χ3n) is 3.81. The smallest absolute Gasteiger partial charge is 0.129 e. The van der Waals surface area contributed by atoms with Gasteiger partial charge in [-0.15, -0.1) is 11.3 Å². The molecule has 4 aromatic rings. The van der Waals surface area contributed by atoms with E-state index in [9.17, 15) is 0 Å². The summed E-state index contributed by atoms with van der Waals surface area (Å²) in [7, 11) is 1.69. The first-order valence-corrected chi connectivity index (χ1v) is 9.34. The molecule has 0 aliphatic carbocycles. The van der Waals surface area contributed by atoms with Crippen LogP contribution in [-0.4, -0.2) is 12.1 Å². The maximum Gasteiger partial charge on any atom is 0.129 e. The molecule has 146 valence electrons. The second-order valence-corrected chi connectivity index (χ2v) is 6.81. The topological polar surface area (TPSA) is 34.1 Å². The molecular weight excluding hydrogens is 396 g/mol. The number of nitrogens with zero attached hydrogens (tertiary/aromatic N) is 1. The molecule has 0 amide bonds. The summed E-state index contributed by atoms with van der Waals surface area (Å²) in [6, 6.07) is 26.3. The summed E-state index contributed by atoms with van der Waals surface area (Å²) in [5.41, 5.74) is 2.36. The van der Waals surface area contributed by atoms with Crippen LogP contribution in [0.3, 0.4) is 0 Å². The summed E-state index contributed by atoms with van der Waals surface area (Å²) < 4.78 is 5.39. The van der Waals surface area contributed by atoms with Crippen molar-refractivity contribution in [3.63, 3.8) is 0 Å². The van der Waals surface area contributed by atoms with E-state index in [1.54, 1.807) is 18.4 Å². The molecule has 0 unspecified atom stereocenters. The summed E-state index contributed by atoms with van der Waals surface area (Å²) in [6.07, 6.45) is 1.93. The first-order chi connectivity index (χ1) is 12.9. The monoisotopic (exact) mass is 418 g/mol.